The van der Waals surface area contributed by atoms with Crippen LogP contribution in [0, 0.1) is 0 Å². The molecule has 1 aliphatic rings. The van der Waals surface area contributed by atoms with Gasteiger partial charge < -0.3 is 10.3 Å². The second-order valence-electron chi connectivity index (χ2n) is 4.95. The molecule has 0 aliphatic carbocycles. The van der Waals surface area contributed by atoms with Crippen LogP contribution in [0.2, 0.25) is 19.6 Å². The zero-order valence-corrected chi connectivity index (χ0v) is 12.0. The Labute approximate surface area is 97.8 Å². The number of sulfone groups is 1. The van der Waals surface area contributed by atoms with E-state index in [1.54, 1.807) is 0 Å². The predicted molar refractivity (Wildman–Crippen MR) is 69.3 cm³/mol. The molecule has 15 heavy (non-hydrogen) atoms. The van der Waals surface area contributed by atoms with Crippen molar-refractivity contribution < 1.29 is 8.42 Å². The lowest BCUT2D eigenvalue weighted by molar-refractivity contribution is 0.600. The number of nitrogens with one attached hydrogen (secondary N) is 2. The minimum absolute atomic E-state index is 0.00801. The molecule has 0 radical (unpaired) electrons. The first-order valence-electron chi connectivity index (χ1n) is 4.97. The van der Waals surface area contributed by atoms with Crippen molar-refractivity contribution >= 4 is 35.4 Å². The molecule has 0 unspecified atom stereocenters. The minimum atomic E-state index is -2.82. The molecule has 1 fully saturated rings. The SMILES string of the molecule is C[Si](C)(C)NC(=S)N[C@H]1CCS(=O)(=O)C1. The number of hydrogen-bond acceptors (Lipinski definition) is 3. The highest BCUT2D eigenvalue weighted by molar-refractivity contribution is 7.91. The Hall–Kier alpha value is -0.143. The molecule has 0 bridgehead atoms. The maximum Gasteiger partial charge on any atom is 0.158 e. The van der Waals surface area contributed by atoms with Crippen LogP contribution in [-0.4, -0.2) is 39.3 Å². The summed E-state index contributed by atoms with van der Waals surface area (Å²) in [5, 5.41) is 3.66. The Morgan fingerprint density at radius 3 is 2.40 bits per heavy atom. The molecule has 0 aromatic heterocycles. The fraction of sp³-hybridized carbons (Fsp3) is 0.875. The summed E-state index contributed by atoms with van der Waals surface area (Å²) in [5.41, 5.74) is 0. The molecule has 1 heterocycles. The predicted octanol–water partition coefficient (Wildman–Crippen LogP) is 0.473. The molecule has 0 spiro atoms. The second kappa shape index (κ2) is 4.38. The van der Waals surface area contributed by atoms with Crippen LogP contribution < -0.4 is 10.3 Å². The van der Waals surface area contributed by atoms with Gasteiger partial charge >= 0.3 is 0 Å². The number of rotatable bonds is 2. The van der Waals surface area contributed by atoms with Crippen LogP contribution in [0.4, 0.5) is 0 Å². The van der Waals surface area contributed by atoms with E-state index in [2.05, 4.69) is 29.9 Å². The zero-order valence-electron chi connectivity index (χ0n) is 9.33. The van der Waals surface area contributed by atoms with E-state index in [0.717, 1.165) is 0 Å². The molecule has 1 rings (SSSR count). The highest BCUT2D eigenvalue weighted by atomic mass is 32.2. The molecule has 0 saturated carbocycles. The monoisotopic (exact) mass is 266 g/mol. The lowest BCUT2D eigenvalue weighted by atomic mass is 10.3. The van der Waals surface area contributed by atoms with Crippen molar-refractivity contribution in [1.82, 2.24) is 10.3 Å². The Balaban J connectivity index is 2.41. The van der Waals surface area contributed by atoms with Gasteiger partial charge in [-0.05, 0) is 18.6 Å². The van der Waals surface area contributed by atoms with Gasteiger partial charge in [0.2, 0.25) is 0 Å². The fourth-order valence-corrected chi connectivity index (χ4v) is 4.98. The first-order chi connectivity index (χ1) is 6.68. The first-order valence-corrected chi connectivity index (χ1v) is 10.7. The van der Waals surface area contributed by atoms with Crippen LogP contribution in [0.25, 0.3) is 0 Å². The lowest BCUT2D eigenvalue weighted by Gasteiger charge is -2.22. The summed E-state index contributed by atoms with van der Waals surface area (Å²) in [6.07, 6.45) is 0.663. The van der Waals surface area contributed by atoms with Gasteiger partial charge in [-0.1, -0.05) is 19.6 Å². The van der Waals surface area contributed by atoms with Crippen molar-refractivity contribution in [3.05, 3.63) is 0 Å². The van der Waals surface area contributed by atoms with Gasteiger partial charge in [-0.15, -0.1) is 0 Å². The van der Waals surface area contributed by atoms with Crippen molar-refractivity contribution in [2.24, 2.45) is 0 Å². The summed E-state index contributed by atoms with van der Waals surface area (Å²) in [7, 11) is -4.25. The molecule has 88 valence electrons. The maximum atomic E-state index is 11.2. The van der Waals surface area contributed by atoms with Crippen LogP contribution in [-0.2, 0) is 9.84 Å². The largest absolute Gasteiger partial charge is 0.389 e. The third-order valence-corrected chi connectivity index (χ3v) is 5.23. The molecule has 1 aliphatic heterocycles. The molecule has 1 atom stereocenters. The minimum Gasteiger partial charge on any atom is -0.389 e. The van der Waals surface area contributed by atoms with Gasteiger partial charge in [-0.25, -0.2) is 8.42 Å². The summed E-state index contributed by atoms with van der Waals surface area (Å²) in [6, 6.07) is -0.00801. The van der Waals surface area contributed by atoms with Crippen molar-refractivity contribution in [1.29, 1.82) is 0 Å². The average Bonchev–Trinajstić information content (AvgIpc) is 2.25. The molecule has 4 nitrogen and oxygen atoms in total. The number of hydrogen-bond donors (Lipinski definition) is 2. The van der Waals surface area contributed by atoms with Gasteiger partial charge in [0.05, 0.1) is 11.5 Å². The van der Waals surface area contributed by atoms with Gasteiger partial charge in [-0.2, -0.15) is 0 Å². The van der Waals surface area contributed by atoms with Crippen molar-refractivity contribution in [3.63, 3.8) is 0 Å². The van der Waals surface area contributed by atoms with Crippen LogP contribution >= 0.6 is 12.2 Å². The van der Waals surface area contributed by atoms with E-state index in [9.17, 15) is 8.42 Å². The van der Waals surface area contributed by atoms with E-state index in [0.29, 0.717) is 11.5 Å². The second-order valence-corrected chi connectivity index (χ2v) is 12.3. The molecule has 1 saturated heterocycles. The van der Waals surface area contributed by atoms with Crippen LogP contribution in [0.1, 0.15) is 6.42 Å². The Morgan fingerprint density at radius 1 is 1.40 bits per heavy atom. The smallest absolute Gasteiger partial charge is 0.158 e. The van der Waals surface area contributed by atoms with Gasteiger partial charge in [0, 0.05) is 6.04 Å². The van der Waals surface area contributed by atoms with Crippen LogP contribution in [0.3, 0.4) is 0 Å². The Morgan fingerprint density at radius 2 is 2.00 bits per heavy atom. The topological polar surface area (TPSA) is 58.2 Å². The van der Waals surface area contributed by atoms with E-state index < -0.39 is 18.1 Å². The molecule has 0 aromatic carbocycles. The Kier molecular flexibility index (Phi) is 3.78. The Bertz CT molecular complexity index is 348. The third-order valence-electron chi connectivity index (χ3n) is 2.06. The molecule has 7 heteroatoms. The molecule has 2 N–H and O–H groups in total. The van der Waals surface area contributed by atoms with E-state index in [1.165, 1.54) is 0 Å². The standard InChI is InChI=1S/C8H18N2O2S2Si/c1-15(2,3)10-8(13)9-7-4-5-14(11,12)6-7/h7H,4-6H2,1-3H3,(H2,9,10,13)/t7-/m0/s1. The zero-order chi connectivity index (χ0) is 11.7. The molecule has 0 amide bonds. The summed E-state index contributed by atoms with van der Waals surface area (Å²) < 4.78 is 22.4. The molecular weight excluding hydrogens is 248 g/mol. The number of thiocarbonyl (C=S) groups is 1. The van der Waals surface area contributed by atoms with Crippen LogP contribution in [0.15, 0.2) is 0 Å². The van der Waals surface area contributed by atoms with Crippen molar-refractivity contribution in [3.8, 4) is 0 Å². The van der Waals surface area contributed by atoms with E-state index >= 15 is 0 Å². The summed E-state index contributed by atoms with van der Waals surface area (Å²) in [6.45, 7) is 6.44. The highest BCUT2D eigenvalue weighted by Gasteiger charge is 2.28. The van der Waals surface area contributed by atoms with Crippen molar-refractivity contribution in [2.75, 3.05) is 11.5 Å². The quantitative estimate of drug-likeness (QED) is 0.562. The highest BCUT2D eigenvalue weighted by Crippen LogP contribution is 2.11. The summed E-state index contributed by atoms with van der Waals surface area (Å²) in [4.78, 5) is 3.24. The molecule has 0 aromatic rings. The van der Waals surface area contributed by atoms with Gasteiger partial charge in [0.15, 0.2) is 14.9 Å². The van der Waals surface area contributed by atoms with Crippen molar-refractivity contribution in [2.45, 2.75) is 32.1 Å². The van der Waals surface area contributed by atoms with Gasteiger partial charge in [-0.3, -0.25) is 0 Å². The van der Waals surface area contributed by atoms with Gasteiger partial charge in [0.25, 0.3) is 0 Å². The summed E-state index contributed by atoms with van der Waals surface area (Å²) in [5.74, 6) is 0.487. The average molecular weight is 266 g/mol. The normalized spacial score (nSPS) is 24.9. The van der Waals surface area contributed by atoms with Crippen LogP contribution in [0.5, 0.6) is 0 Å². The fourth-order valence-electron chi connectivity index (χ4n) is 1.47. The van der Waals surface area contributed by atoms with E-state index in [4.69, 9.17) is 12.2 Å². The maximum absolute atomic E-state index is 11.2. The lowest BCUT2D eigenvalue weighted by Crippen LogP contribution is -2.52. The van der Waals surface area contributed by atoms with E-state index in [-0.39, 0.29) is 17.5 Å². The molecular formula is C8H18N2O2S2Si. The van der Waals surface area contributed by atoms with E-state index in [1.807, 2.05) is 0 Å². The van der Waals surface area contributed by atoms with Gasteiger partial charge in [0.1, 0.15) is 8.24 Å². The third kappa shape index (κ3) is 4.94. The first kappa shape index (κ1) is 12.9. The summed E-state index contributed by atoms with van der Waals surface area (Å²) >= 11 is 5.13.